The maximum atomic E-state index is 17.1. The molecular formula is C24H33FO6. The highest BCUT2D eigenvalue weighted by Gasteiger charge is 2.74. The Bertz CT molecular complexity index is 868. The molecule has 0 bridgehead atoms. The molecule has 0 aromatic rings. The third-order valence-corrected chi connectivity index (χ3v) is 9.37. The summed E-state index contributed by atoms with van der Waals surface area (Å²) in [6, 6.07) is 0. The number of alkyl halides is 1. The lowest BCUT2D eigenvalue weighted by Gasteiger charge is -2.63. The van der Waals surface area contributed by atoms with Gasteiger partial charge in [-0.25, -0.2) is 4.39 Å². The van der Waals surface area contributed by atoms with Crippen LogP contribution in [0, 0.1) is 28.6 Å². The van der Waals surface area contributed by atoms with Crippen LogP contribution in [0.3, 0.4) is 0 Å². The highest BCUT2D eigenvalue weighted by Crippen LogP contribution is 2.70. The molecule has 0 aliphatic heterocycles. The van der Waals surface area contributed by atoms with E-state index >= 15 is 4.39 Å². The lowest BCUT2D eigenvalue weighted by atomic mass is 9.43. The summed E-state index contributed by atoms with van der Waals surface area (Å²) in [5.41, 5.74) is -4.90. The number of carbonyl (C=O) groups is 3. The minimum atomic E-state index is -1.93. The molecule has 0 spiro atoms. The number of ether oxygens (including phenoxy) is 1. The van der Waals surface area contributed by atoms with Crippen LogP contribution in [0.2, 0.25) is 0 Å². The molecule has 0 aromatic heterocycles. The first kappa shape index (κ1) is 22.6. The van der Waals surface area contributed by atoms with Crippen molar-refractivity contribution in [1.82, 2.24) is 0 Å². The van der Waals surface area contributed by atoms with Crippen molar-refractivity contribution >= 4 is 17.5 Å². The Morgan fingerprint density at radius 1 is 1.23 bits per heavy atom. The molecule has 0 aromatic carbocycles. The Balaban J connectivity index is 1.72. The third-order valence-electron chi connectivity index (χ3n) is 9.37. The molecule has 8 atom stereocenters. The van der Waals surface area contributed by atoms with Crippen LogP contribution in [0.4, 0.5) is 4.39 Å². The first-order valence-electron chi connectivity index (χ1n) is 11.3. The van der Waals surface area contributed by atoms with Crippen molar-refractivity contribution in [1.29, 1.82) is 0 Å². The number of halogens is 1. The van der Waals surface area contributed by atoms with Crippen LogP contribution < -0.4 is 0 Å². The van der Waals surface area contributed by atoms with Gasteiger partial charge < -0.3 is 14.9 Å². The zero-order valence-corrected chi connectivity index (χ0v) is 18.7. The fourth-order valence-electron chi connectivity index (χ4n) is 7.64. The van der Waals surface area contributed by atoms with Gasteiger partial charge in [-0.15, -0.1) is 0 Å². The average molecular weight is 437 g/mol. The number of aliphatic hydroxyl groups is 2. The van der Waals surface area contributed by atoms with Gasteiger partial charge in [0.25, 0.3) is 0 Å². The summed E-state index contributed by atoms with van der Waals surface area (Å²) in [4.78, 5) is 36.3. The van der Waals surface area contributed by atoms with Crippen molar-refractivity contribution in [3.63, 3.8) is 0 Å². The first-order chi connectivity index (χ1) is 14.3. The largest absolute Gasteiger partial charge is 0.458 e. The number of fused-ring (bicyclic) bond motifs is 5. The van der Waals surface area contributed by atoms with Gasteiger partial charge >= 0.3 is 5.97 Å². The van der Waals surface area contributed by atoms with Crippen molar-refractivity contribution < 1.29 is 33.7 Å². The van der Waals surface area contributed by atoms with Crippen LogP contribution in [-0.4, -0.2) is 51.7 Å². The lowest BCUT2D eigenvalue weighted by Crippen LogP contribution is -2.69. The Morgan fingerprint density at radius 3 is 2.55 bits per heavy atom. The number of ketones is 2. The fraction of sp³-hybridized carbons (Fsp3) is 0.792. The summed E-state index contributed by atoms with van der Waals surface area (Å²) < 4.78 is 22.0. The summed E-state index contributed by atoms with van der Waals surface area (Å²) >= 11 is 0. The van der Waals surface area contributed by atoms with Crippen LogP contribution in [0.15, 0.2) is 11.6 Å². The second kappa shape index (κ2) is 6.95. The van der Waals surface area contributed by atoms with E-state index in [0.29, 0.717) is 25.7 Å². The van der Waals surface area contributed by atoms with Gasteiger partial charge in [-0.1, -0.05) is 26.3 Å². The molecule has 6 nitrogen and oxygen atoms in total. The van der Waals surface area contributed by atoms with E-state index in [9.17, 15) is 24.6 Å². The van der Waals surface area contributed by atoms with Gasteiger partial charge in [0.1, 0.15) is 11.3 Å². The van der Waals surface area contributed by atoms with Crippen LogP contribution in [0.25, 0.3) is 0 Å². The molecule has 3 fully saturated rings. The molecule has 0 unspecified atom stereocenters. The molecule has 0 amide bonds. The van der Waals surface area contributed by atoms with E-state index in [4.69, 9.17) is 4.74 Å². The highest BCUT2D eigenvalue weighted by molar-refractivity contribution is 5.93. The van der Waals surface area contributed by atoms with Crippen molar-refractivity contribution in [2.45, 2.75) is 83.6 Å². The van der Waals surface area contributed by atoms with Gasteiger partial charge in [-0.2, -0.15) is 0 Å². The van der Waals surface area contributed by atoms with Crippen LogP contribution in [-0.2, 0) is 19.1 Å². The Kier molecular flexibility index (Phi) is 5.06. The van der Waals surface area contributed by atoms with Gasteiger partial charge in [0.2, 0.25) is 5.78 Å². The molecule has 2 N–H and O–H groups in total. The number of Topliss-reactive ketones (excluding diaryl/α,β-unsaturated/α-hetero) is 1. The predicted octanol–water partition coefficient (Wildman–Crippen LogP) is 2.69. The van der Waals surface area contributed by atoms with E-state index in [0.717, 1.165) is 5.57 Å². The minimum absolute atomic E-state index is 0.0102. The first-order valence-corrected chi connectivity index (χ1v) is 11.3. The summed E-state index contributed by atoms with van der Waals surface area (Å²) in [5, 5.41) is 22.7. The van der Waals surface area contributed by atoms with E-state index in [2.05, 4.69) is 0 Å². The highest BCUT2D eigenvalue weighted by atomic mass is 19.1. The van der Waals surface area contributed by atoms with E-state index in [1.807, 2.05) is 6.92 Å². The normalized spacial score (nSPS) is 48.9. The van der Waals surface area contributed by atoms with Gasteiger partial charge in [-0.3, -0.25) is 14.4 Å². The molecule has 4 aliphatic carbocycles. The maximum Gasteiger partial charge on any atom is 0.303 e. The van der Waals surface area contributed by atoms with E-state index in [1.54, 1.807) is 19.9 Å². The smallest absolute Gasteiger partial charge is 0.303 e. The SMILES string of the molecule is CC(=O)OCC(=O)[C@@]1(O)CC[C@@H]2[C@@H]3CCC4=CC(=O)[C@H](C)C[C@]4(C)[C@@]3(F)[C@@H](O)C[C@@]21C. The van der Waals surface area contributed by atoms with E-state index in [1.165, 1.54) is 6.92 Å². The molecule has 0 radical (unpaired) electrons. The van der Waals surface area contributed by atoms with Gasteiger partial charge in [0.15, 0.2) is 12.4 Å². The molecule has 4 rings (SSSR count). The summed E-state index contributed by atoms with van der Waals surface area (Å²) in [6.07, 6.45) is 2.15. The molecule has 0 saturated heterocycles. The molecule has 3 saturated carbocycles. The second-order valence-corrected chi connectivity index (χ2v) is 10.8. The molecule has 7 heteroatoms. The standard InChI is InChI=1S/C24H33FO6/c1-13-10-21(3)15(9-18(13)27)5-6-17-16-7-8-23(30,20(29)12-31-14(2)26)22(16,4)11-19(28)24(17,21)25/h9,13,16-17,19,28,30H,5-8,10-12H2,1-4H3/t13-,16-,17+,19+,21+,22+,23+,24+/m1/s1. The Labute approximate surface area is 182 Å². The maximum absolute atomic E-state index is 17.1. The topological polar surface area (TPSA) is 101 Å². The van der Waals surface area contributed by atoms with Crippen LogP contribution in [0.1, 0.15) is 66.2 Å². The van der Waals surface area contributed by atoms with E-state index in [-0.39, 0.29) is 30.5 Å². The number of aliphatic hydroxyl groups excluding tert-OH is 1. The fourth-order valence-corrected chi connectivity index (χ4v) is 7.64. The van der Waals surface area contributed by atoms with Crippen LogP contribution >= 0.6 is 0 Å². The summed E-state index contributed by atoms with van der Waals surface area (Å²) in [7, 11) is 0. The minimum Gasteiger partial charge on any atom is -0.458 e. The second-order valence-electron chi connectivity index (χ2n) is 10.8. The summed E-state index contributed by atoms with van der Waals surface area (Å²) in [6.45, 7) is 6.06. The monoisotopic (exact) mass is 436 g/mol. The number of hydrogen-bond acceptors (Lipinski definition) is 6. The van der Waals surface area contributed by atoms with Crippen LogP contribution in [0.5, 0.6) is 0 Å². The van der Waals surface area contributed by atoms with Gasteiger partial charge in [-0.05, 0) is 50.5 Å². The number of hydrogen-bond donors (Lipinski definition) is 2. The van der Waals surface area contributed by atoms with Gasteiger partial charge in [0.05, 0.1) is 6.10 Å². The van der Waals surface area contributed by atoms with Crippen molar-refractivity contribution in [2.24, 2.45) is 28.6 Å². The quantitative estimate of drug-likeness (QED) is 0.660. The van der Waals surface area contributed by atoms with Crippen molar-refractivity contribution in [3.8, 4) is 0 Å². The number of rotatable bonds is 3. The summed E-state index contributed by atoms with van der Waals surface area (Å²) in [5.74, 6) is -2.32. The van der Waals surface area contributed by atoms with E-state index < -0.39 is 52.5 Å². The molecule has 0 heterocycles. The molecule has 172 valence electrons. The number of carbonyl (C=O) groups excluding carboxylic acids is 3. The third kappa shape index (κ3) is 2.78. The Hall–Kier alpha value is -1.60. The molecule has 4 aliphatic rings. The van der Waals surface area contributed by atoms with Gasteiger partial charge in [0, 0.05) is 29.6 Å². The zero-order valence-electron chi connectivity index (χ0n) is 18.7. The molecular weight excluding hydrogens is 403 g/mol. The Morgan fingerprint density at radius 2 is 1.90 bits per heavy atom. The lowest BCUT2D eigenvalue weighted by molar-refractivity contribution is -0.228. The van der Waals surface area contributed by atoms with Crippen molar-refractivity contribution in [2.75, 3.05) is 6.61 Å². The molecule has 31 heavy (non-hydrogen) atoms. The predicted molar refractivity (Wildman–Crippen MR) is 110 cm³/mol. The van der Waals surface area contributed by atoms with Crippen molar-refractivity contribution in [3.05, 3.63) is 11.6 Å². The number of esters is 1. The number of allylic oxidation sites excluding steroid dienone is 1. The zero-order chi connectivity index (χ0) is 23.0. The average Bonchev–Trinajstić information content (AvgIpc) is 2.94.